The zero-order valence-electron chi connectivity index (χ0n) is 9.43. The fraction of sp³-hybridized carbons (Fsp3) is 0.0769. The van der Waals surface area contributed by atoms with Gasteiger partial charge in [-0.05, 0) is 17.7 Å². The van der Waals surface area contributed by atoms with Crippen LogP contribution in [0, 0.1) is 23.3 Å². The van der Waals surface area contributed by atoms with Crippen LogP contribution in [0.25, 0.3) is 0 Å². The molecule has 1 atom stereocenters. The summed E-state index contributed by atoms with van der Waals surface area (Å²) in [4.78, 5) is 0. The monoisotopic (exact) mass is 333 g/mol. The van der Waals surface area contributed by atoms with Crippen LogP contribution in [0.4, 0.5) is 17.6 Å². The van der Waals surface area contributed by atoms with E-state index in [9.17, 15) is 17.6 Å². The summed E-state index contributed by atoms with van der Waals surface area (Å²) in [6.45, 7) is 0. The van der Waals surface area contributed by atoms with Gasteiger partial charge in [0, 0.05) is 22.2 Å². The fourth-order valence-electron chi connectivity index (χ4n) is 1.76. The third-order valence-electron chi connectivity index (χ3n) is 2.65. The summed E-state index contributed by atoms with van der Waals surface area (Å²) in [5.41, 5.74) is 5.60. The van der Waals surface area contributed by atoms with Gasteiger partial charge in [-0.25, -0.2) is 17.6 Å². The van der Waals surface area contributed by atoms with Crippen LogP contribution in [0.1, 0.15) is 17.2 Å². The van der Waals surface area contributed by atoms with Gasteiger partial charge in [-0.2, -0.15) is 0 Å². The van der Waals surface area contributed by atoms with Gasteiger partial charge in [-0.15, -0.1) is 0 Å². The van der Waals surface area contributed by atoms with Crippen LogP contribution < -0.4 is 5.73 Å². The van der Waals surface area contributed by atoms with Gasteiger partial charge in [0.1, 0.15) is 23.3 Å². The van der Waals surface area contributed by atoms with Gasteiger partial charge in [0.25, 0.3) is 0 Å². The van der Waals surface area contributed by atoms with Crippen molar-refractivity contribution in [1.29, 1.82) is 0 Å². The zero-order chi connectivity index (χ0) is 14.2. The highest BCUT2D eigenvalue weighted by molar-refractivity contribution is 9.10. The van der Waals surface area contributed by atoms with Gasteiger partial charge in [0.2, 0.25) is 0 Å². The SMILES string of the molecule is NC(c1ccc(F)cc1Br)c1c(F)cc(F)cc1F. The Labute approximate surface area is 115 Å². The van der Waals surface area contributed by atoms with E-state index in [0.717, 1.165) is 12.1 Å². The standard InChI is InChI=1S/C13H8BrF4N/c14-9-3-6(15)1-2-8(9)13(19)12-10(17)4-7(16)5-11(12)18/h1-5,13H,19H2. The number of hydrogen-bond acceptors (Lipinski definition) is 1. The average molecular weight is 334 g/mol. The van der Waals surface area contributed by atoms with Gasteiger partial charge >= 0.3 is 0 Å². The van der Waals surface area contributed by atoms with E-state index in [4.69, 9.17) is 5.73 Å². The van der Waals surface area contributed by atoms with Crippen molar-refractivity contribution < 1.29 is 17.6 Å². The largest absolute Gasteiger partial charge is 0.320 e. The normalized spacial score (nSPS) is 12.5. The minimum absolute atomic E-state index is 0.281. The molecule has 0 saturated heterocycles. The predicted octanol–water partition coefficient (Wildman–Crippen LogP) is 4.05. The maximum absolute atomic E-state index is 13.6. The van der Waals surface area contributed by atoms with E-state index in [1.54, 1.807) is 0 Å². The Morgan fingerprint density at radius 2 is 1.47 bits per heavy atom. The highest BCUT2D eigenvalue weighted by atomic mass is 79.9. The lowest BCUT2D eigenvalue weighted by Gasteiger charge is -2.16. The van der Waals surface area contributed by atoms with Crippen LogP contribution in [0.15, 0.2) is 34.8 Å². The molecular formula is C13H8BrF4N. The Morgan fingerprint density at radius 1 is 0.895 bits per heavy atom. The number of rotatable bonds is 2. The van der Waals surface area contributed by atoms with Crippen LogP contribution in [0.5, 0.6) is 0 Å². The van der Waals surface area contributed by atoms with Crippen LogP contribution in [0.2, 0.25) is 0 Å². The first-order valence-corrected chi connectivity index (χ1v) is 6.04. The van der Waals surface area contributed by atoms with Crippen molar-refractivity contribution >= 4 is 15.9 Å². The summed E-state index contributed by atoms with van der Waals surface area (Å²) < 4.78 is 53.3. The highest BCUT2D eigenvalue weighted by Crippen LogP contribution is 2.30. The molecule has 0 saturated carbocycles. The van der Waals surface area contributed by atoms with Gasteiger partial charge < -0.3 is 5.73 Å². The maximum Gasteiger partial charge on any atom is 0.134 e. The van der Waals surface area contributed by atoms with E-state index in [1.807, 2.05) is 0 Å². The molecule has 2 aromatic carbocycles. The molecule has 0 fully saturated rings. The van der Waals surface area contributed by atoms with E-state index < -0.39 is 34.9 Å². The molecule has 6 heteroatoms. The van der Waals surface area contributed by atoms with Gasteiger partial charge in [0.15, 0.2) is 0 Å². The molecule has 1 nitrogen and oxygen atoms in total. The Kier molecular flexibility index (Phi) is 3.91. The molecule has 0 spiro atoms. The Morgan fingerprint density at radius 3 is 2.00 bits per heavy atom. The molecule has 0 aliphatic rings. The second-order valence-corrected chi connectivity index (χ2v) is 4.78. The van der Waals surface area contributed by atoms with Crippen LogP contribution in [0.3, 0.4) is 0 Å². The summed E-state index contributed by atoms with van der Waals surface area (Å²) in [7, 11) is 0. The summed E-state index contributed by atoms with van der Waals surface area (Å²) in [6, 6.07) is 3.50. The molecule has 0 aliphatic heterocycles. The number of benzene rings is 2. The first-order valence-electron chi connectivity index (χ1n) is 5.25. The zero-order valence-corrected chi connectivity index (χ0v) is 11.0. The van der Waals surface area contributed by atoms with E-state index in [2.05, 4.69) is 15.9 Å². The summed E-state index contributed by atoms with van der Waals surface area (Å²) >= 11 is 3.07. The summed E-state index contributed by atoms with van der Waals surface area (Å²) in [6.07, 6.45) is 0. The lowest BCUT2D eigenvalue weighted by atomic mass is 9.98. The first-order chi connectivity index (χ1) is 8.90. The Bertz CT molecular complexity index is 607. The maximum atomic E-state index is 13.6. The molecule has 19 heavy (non-hydrogen) atoms. The lowest BCUT2D eigenvalue weighted by Crippen LogP contribution is -2.16. The van der Waals surface area contributed by atoms with E-state index in [0.29, 0.717) is 17.7 Å². The molecular weight excluding hydrogens is 326 g/mol. The van der Waals surface area contributed by atoms with Crippen molar-refractivity contribution in [2.75, 3.05) is 0 Å². The number of halogens is 5. The highest BCUT2D eigenvalue weighted by Gasteiger charge is 2.21. The molecule has 0 heterocycles. The Balaban J connectivity index is 2.53. The number of nitrogens with two attached hydrogens (primary N) is 1. The third-order valence-corrected chi connectivity index (χ3v) is 3.34. The van der Waals surface area contributed by atoms with E-state index in [-0.39, 0.29) is 4.47 Å². The molecule has 2 rings (SSSR count). The molecule has 0 bridgehead atoms. The van der Waals surface area contributed by atoms with Gasteiger partial charge in [0.05, 0.1) is 6.04 Å². The molecule has 2 N–H and O–H groups in total. The molecule has 0 aromatic heterocycles. The van der Waals surface area contributed by atoms with Crippen LogP contribution in [-0.4, -0.2) is 0 Å². The van der Waals surface area contributed by atoms with E-state index in [1.165, 1.54) is 6.07 Å². The first kappa shape index (κ1) is 14.0. The number of hydrogen-bond donors (Lipinski definition) is 1. The van der Waals surface area contributed by atoms with Crippen molar-refractivity contribution in [3.8, 4) is 0 Å². The topological polar surface area (TPSA) is 26.0 Å². The van der Waals surface area contributed by atoms with Gasteiger partial charge in [-0.3, -0.25) is 0 Å². The van der Waals surface area contributed by atoms with Crippen molar-refractivity contribution in [2.45, 2.75) is 6.04 Å². The van der Waals surface area contributed by atoms with Crippen LogP contribution in [-0.2, 0) is 0 Å². The second kappa shape index (κ2) is 5.30. The predicted molar refractivity (Wildman–Crippen MR) is 66.4 cm³/mol. The van der Waals surface area contributed by atoms with Crippen LogP contribution >= 0.6 is 15.9 Å². The third kappa shape index (κ3) is 2.79. The minimum Gasteiger partial charge on any atom is -0.320 e. The fourth-order valence-corrected chi connectivity index (χ4v) is 2.36. The smallest absolute Gasteiger partial charge is 0.134 e. The van der Waals surface area contributed by atoms with Crippen molar-refractivity contribution in [2.24, 2.45) is 5.73 Å². The lowest BCUT2D eigenvalue weighted by molar-refractivity contribution is 0.514. The minimum atomic E-state index is -1.17. The molecule has 100 valence electrons. The summed E-state index contributed by atoms with van der Waals surface area (Å²) in [5, 5.41) is 0. The quantitative estimate of drug-likeness (QED) is 0.824. The molecule has 0 amide bonds. The van der Waals surface area contributed by atoms with Crippen molar-refractivity contribution in [3.63, 3.8) is 0 Å². The van der Waals surface area contributed by atoms with Crippen molar-refractivity contribution in [3.05, 3.63) is 69.2 Å². The molecule has 2 aromatic rings. The van der Waals surface area contributed by atoms with E-state index >= 15 is 0 Å². The van der Waals surface area contributed by atoms with Gasteiger partial charge in [-0.1, -0.05) is 22.0 Å². The Hall–Kier alpha value is -1.40. The average Bonchev–Trinajstić information content (AvgIpc) is 2.26. The second-order valence-electron chi connectivity index (χ2n) is 3.93. The molecule has 0 aliphatic carbocycles. The summed E-state index contributed by atoms with van der Waals surface area (Å²) in [5.74, 6) is -3.70. The molecule has 1 unspecified atom stereocenters. The van der Waals surface area contributed by atoms with Crippen molar-refractivity contribution in [1.82, 2.24) is 0 Å². The molecule has 0 radical (unpaired) electrons.